The van der Waals surface area contributed by atoms with Crippen molar-refractivity contribution in [1.29, 1.82) is 0 Å². The molecule has 5 nitrogen and oxygen atoms in total. The van der Waals surface area contributed by atoms with Crippen LogP contribution in [0.5, 0.6) is 0 Å². The summed E-state index contributed by atoms with van der Waals surface area (Å²) < 4.78 is 0. The van der Waals surface area contributed by atoms with E-state index in [1.165, 1.54) is 0 Å². The van der Waals surface area contributed by atoms with Crippen LogP contribution in [0.4, 0.5) is 0 Å². The van der Waals surface area contributed by atoms with E-state index in [1.807, 2.05) is 0 Å². The van der Waals surface area contributed by atoms with Gasteiger partial charge in [-0.25, -0.2) is 0 Å². The maximum atomic E-state index is 12.5. The maximum Gasteiger partial charge on any atom is 0.255 e. The van der Waals surface area contributed by atoms with Gasteiger partial charge in [0, 0.05) is 19.0 Å². The molecule has 1 aliphatic rings. The Kier molecular flexibility index (Phi) is 4.73. The summed E-state index contributed by atoms with van der Waals surface area (Å²) >= 11 is 12.0. The van der Waals surface area contributed by atoms with E-state index in [4.69, 9.17) is 34.1 Å². The molecule has 2 rings (SSSR count). The Bertz CT molecular complexity index is 548. The Labute approximate surface area is 126 Å². The third-order valence-electron chi connectivity index (χ3n) is 3.42. The Balaban J connectivity index is 2.19. The van der Waals surface area contributed by atoms with Crippen molar-refractivity contribution >= 4 is 34.9 Å². The van der Waals surface area contributed by atoms with Gasteiger partial charge >= 0.3 is 0 Å². The molecule has 0 bridgehead atoms. The van der Waals surface area contributed by atoms with Gasteiger partial charge < -0.3 is 15.8 Å². The molecule has 0 radical (unpaired) electrons. The minimum atomic E-state index is -0.187. The summed E-state index contributed by atoms with van der Waals surface area (Å²) in [7, 11) is 0. The van der Waals surface area contributed by atoms with Crippen molar-refractivity contribution in [1.82, 2.24) is 4.90 Å². The Morgan fingerprint density at radius 3 is 2.90 bits per heavy atom. The first-order valence-electron chi connectivity index (χ1n) is 6.25. The molecule has 1 aromatic rings. The molecule has 108 valence electrons. The third kappa shape index (κ3) is 2.99. The summed E-state index contributed by atoms with van der Waals surface area (Å²) in [6, 6.07) is 4.96. The zero-order valence-electron chi connectivity index (χ0n) is 10.7. The summed E-state index contributed by atoms with van der Waals surface area (Å²) in [4.78, 5) is 14.1. The molecule has 1 atom stereocenters. The average Bonchev–Trinajstić information content (AvgIpc) is 2.48. The molecule has 7 heteroatoms. The number of nitrogens with zero attached hydrogens (tertiary/aromatic N) is 2. The predicted octanol–water partition coefficient (Wildman–Crippen LogP) is 2.59. The molecule has 0 spiro atoms. The Morgan fingerprint density at radius 2 is 2.20 bits per heavy atom. The maximum absolute atomic E-state index is 12.5. The predicted molar refractivity (Wildman–Crippen MR) is 78.5 cm³/mol. The fourth-order valence-electron chi connectivity index (χ4n) is 2.32. The smallest absolute Gasteiger partial charge is 0.255 e. The number of hydrogen-bond acceptors (Lipinski definition) is 3. The van der Waals surface area contributed by atoms with Crippen LogP contribution in [0.15, 0.2) is 23.4 Å². The normalized spacial score (nSPS) is 20.0. The van der Waals surface area contributed by atoms with Gasteiger partial charge in [0.05, 0.1) is 15.6 Å². The van der Waals surface area contributed by atoms with Gasteiger partial charge in [0.2, 0.25) is 0 Å². The van der Waals surface area contributed by atoms with Crippen molar-refractivity contribution in [2.75, 3.05) is 13.1 Å². The van der Waals surface area contributed by atoms with E-state index in [2.05, 4.69) is 5.16 Å². The number of rotatable bonds is 2. The van der Waals surface area contributed by atoms with Crippen LogP contribution in [0, 0.1) is 5.92 Å². The topological polar surface area (TPSA) is 78.9 Å². The van der Waals surface area contributed by atoms with Crippen LogP contribution in [-0.4, -0.2) is 34.9 Å². The largest absolute Gasteiger partial charge is 0.409 e. The highest BCUT2D eigenvalue weighted by molar-refractivity contribution is 6.43. The monoisotopic (exact) mass is 315 g/mol. The van der Waals surface area contributed by atoms with E-state index < -0.39 is 0 Å². The van der Waals surface area contributed by atoms with Gasteiger partial charge in [0.15, 0.2) is 0 Å². The first kappa shape index (κ1) is 14.9. The number of halogens is 2. The molecule has 1 fully saturated rings. The highest BCUT2D eigenvalue weighted by atomic mass is 35.5. The lowest BCUT2D eigenvalue weighted by Crippen LogP contribution is -2.44. The quantitative estimate of drug-likeness (QED) is 0.381. The number of benzene rings is 1. The van der Waals surface area contributed by atoms with Gasteiger partial charge in [0.1, 0.15) is 5.84 Å². The lowest BCUT2D eigenvalue weighted by Gasteiger charge is -2.32. The van der Waals surface area contributed by atoms with Crippen molar-refractivity contribution in [2.45, 2.75) is 12.8 Å². The summed E-state index contributed by atoms with van der Waals surface area (Å²) in [6.45, 7) is 1.04. The van der Waals surface area contributed by atoms with Crippen molar-refractivity contribution in [2.24, 2.45) is 16.8 Å². The first-order valence-corrected chi connectivity index (χ1v) is 7.01. The van der Waals surface area contributed by atoms with E-state index in [1.54, 1.807) is 23.1 Å². The van der Waals surface area contributed by atoms with Crippen LogP contribution in [0.25, 0.3) is 0 Å². The Morgan fingerprint density at radius 1 is 1.45 bits per heavy atom. The van der Waals surface area contributed by atoms with Crippen LogP contribution < -0.4 is 5.73 Å². The van der Waals surface area contributed by atoms with Gasteiger partial charge in [-0.05, 0) is 25.0 Å². The molecular formula is C13H15Cl2N3O2. The van der Waals surface area contributed by atoms with E-state index in [0.29, 0.717) is 23.7 Å². The number of likely N-dealkylation sites (tertiary alicyclic amines) is 1. The van der Waals surface area contributed by atoms with Gasteiger partial charge in [0.25, 0.3) is 5.91 Å². The minimum absolute atomic E-state index is 0.129. The molecule has 1 amide bonds. The number of oxime groups is 1. The van der Waals surface area contributed by atoms with Gasteiger partial charge in [-0.3, -0.25) is 4.79 Å². The third-order valence-corrected chi connectivity index (χ3v) is 4.24. The summed E-state index contributed by atoms with van der Waals surface area (Å²) in [5.74, 6) is -0.164. The van der Waals surface area contributed by atoms with Crippen molar-refractivity contribution in [3.8, 4) is 0 Å². The average molecular weight is 316 g/mol. The minimum Gasteiger partial charge on any atom is -0.409 e. The molecular weight excluding hydrogens is 301 g/mol. The van der Waals surface area contributed by atoms with E-state index >= 15 is 0 Å². The van der Waals surface area contributed by atoms with Crippen LogP contribution >= 0.6 is 23.2 Å². The molecule has 1 heterocycles. The van der Waals surface area contributed by atoms with Gasteiger partial charge in [-0.1, -0.05) is 34.4 Å². The fourth-order valence-corrected chi connectivity index (χ4v) is 2.71. The summed E-state index contributed by atoms with van der Waals surface area (Å²) in [6.07, 6.45) is 1.59. The van der Waals surface area contributed by atoms with Gasteiger partial charge in [-0.15, -0.1) is 0 Å². The number of hydrogen-bond donors (Lipinski definition) is 2. The SMILES string of the molecule is NC(=NO)C1CCCN(C(=O)c2cccc(Cl)c2Cl)C1. The molecule has 1 unspecified atom stereocenters. The highest BCUT2D eigenvalue weighted by Gasteiger charge is 2.28. The summed E-state index contributed by atoms with van der Waals surface area (Å²) in [5.41, 5.74) is 5.99. The number of carbonyl (C=O) groups is 1. The number of amidine groups is 1. The molecule has 1 aromatic carbocycles. The van der Waals surface area contributed by atoms with Crippen LogP contribution in [-0.2, 0) is 0 Å². The zero-order valence-corrected chi connectivity index (χ0v) is 12.2. The highest BCUT2D eigenvalue weighted by Crippen LogP contribution is 2.28. The van der Waals surface area contributed by atoms with Crippen LogP contribution in [0.3, 0.4) is 0 Å². The van der Waals surface area contributed by atoms with Crippen molar-refractivity contribution in [3.05, 3.63) is 33.8 Å². The molecule has 0 aromatic heterocycles. The number of piperidine rings is 1. The van der Waals surface area contributed by atoms with E-state index in [9.17, 15) is 4.79 Å². The molecule has 20 heavy (non-hydrogen) atoms. The number of amides is 1. The standard InChI is InChI=1S/C13H15Cl2N3O2/c14-10-5-1-4-9(11(10)15)13(19)18-6-2-3-8(7-18)12(16)17-20/h1,4-5,8,20H,2-3,6-7H2,(H2,16,17). The molecule has 3 N–H and O–H groups in total. The van der Waals surface area contributed by atoms with Crippen LogP contribution in [0.1, 0.15) is 23.2 Å². The Hall–Kier alpha value is -1.46. The first-order chi connectivity index (χ1) is 9.54. The molecule has 1 aliphatic heterocycles. The van der Waals surface area contributed by atoms with E-state index in [-0.39, 0.29) is 22.7 Å². The van der Waals surface area contributed by atoms with E-state index in [0.717, 1.165) is 12.8 Å². The number of carbonyl (C=O) groups excluding carboxylic acids is 1. The second-order valence-corrected chi connectivity index (χ2v) is 5.50. The second kappa shape index (κ2) is 6.33. The second-order valence-electron chi connectivity index (χ2n) is 4.72. The number of nitrogens with two attached hydrogens (primary N) is 1. The fraction of sp³-hybridized carbons (Fsp3) is 0.385. The lowest BCUT2D eigenvalue weighted by atomic mass is 9.96. The van der Waals surface area contributed by atoms with Gasteiger partial charge in [-0.2, -0.15) is 0 Å². The van der Waals surface area contributed by atoms with Crippen molar-refractivity contribution in [3.63, 3.8) is 0 Å². The lowest BCUT2D eigenvalue weighted by molar-refractivity contribution is 0.0701. The molecule has 0 aliphatic carbocycles. The summed E-state index contributed by atoms with van der Waals surface area (Å²) in [5, 5.41) is 12.4. The zero-order chi connectivity index (χ0) is 14.7. The molecule has 0 saturated carbocycles. The van der Waals surface area contributed by atoms with Crippen LogP contribution in [0.2, 0.25) is 10.0 Å². The molecule has 1 saturated heterocycles. The van der Waals surface area contributed by atoms with Crippen molar-refractivity contribution < 1.29 is 10.0 Å².